The lowest BCUT2D eigenvalue weighted by atomic mass is 10.2. The van der Waals surface area contributed by atoms with Crippen LogP contribution in [0.25, 0.3) is 10.9 Å². The summed E-state index contributed by atoms with van der Waals surface area (Å²) in [5.74, 6) is 0.139. The summed E-state index contributed by atoms with van der Waals surface area (Å²) >= 11 is 6.17. The number of hydrogen-bond acceptors (Lipinski definition) is 3. The number of halogens is 1. The van der Waals surface area contributed by atoms with Crippen LogP contribution in [0.4, 0.5) is 5.82 Å². The Balaban J connectivity index is 1.96. The molecule has 20 heavy (non-hydrogen) atoms. The number of rotatable bonds is 2. The molecule has 0 radical (unpaired) electrons. The minimum atomic E-state index is -0.337. The van der Waals surface area contributed by atoms with E-state index < -0.39 is 0 Å². The molecule has 1 aromatic carbocycles. The van der Waals surface area contributed by atoms with Gasteiger partial charge in [0.25, 0.3) is 5.91 Å². The molecule has 2 heterocycles. The molecule has 1 N–H and O–H groups in total. The molecule has 0 unspecified atom stereocenters. The van der Waals surface area contributed by atoms with E-state index in [2.05, 4.69) is 15.3 Å². The smallest absolute Gasteiger partial charge is 0.275 e. The van der Waals surface area contributed by atoms with Crippen LogP contribution in [0.2, 0.25) is 5.02 Å². The summed E-state index contributed by atoms with van der Waals surface area (Å²) in [4.78, 5) is 20.5. The first-order chi connectivity index (χ1) is 9.74. The lowest BCUT2D eigenvalue weighted by Crippen LogP contribution is -2.14. The number of pyridine rings is 2. The number of fused-ring (bicyclic) bond motifs is 1. The number of aromatic nitrogens is 2. The minimum absolute atomic E-state index is 0.263. The van der Waals surface area contributed by atoms with Gasteiger partial charge in [-0.25, -0.2) is 9.97 Å². The van der Waals surface area contributed by atoms with E-state index >= 15 is 0 Å². The van der Waals surface area contributed by atoms with Gasteiger partial charge in [-0.1, -0.05) is 35.9 Å². The Labute approximate surface area is 120 Å². The molecule has 0 spiro atoms. The lowest BCUT2D eigenvalue weighted by molar-refractivity contribution is 0.102. The molecule has 98 valence electrons. The van der Waals surface area contributed by atoms with Gasteiger partial charge in [0, 0.05) is 11.6 Å². The van der Waals surface area contributed by atoms with Crippen LogP contribution < -0.4 is 5.32 Å². The van der Waals surface area contributed by atoms with Gasteiger partial charge in [0.2, 0.25) is 0 Å². The Kier molecular flexibility index (Phi) is 3.31. The van der Waals surface area contributed by atoms with Gasteiger partial charge < -0.3 is 5.32 Å². The fourth-order valence-electron chi connectivity index (χ4n) is 1.87. The average molecular weight is 284 g/mol. The van der Waals surface area contributed by atoms with Crippen LogP contribution in [-0.4, -0.2) is 15.9 Å². The van der Waals surface area contributed by atoms with Gasteiger partial charge >= 0.3 is 0 Å². The van der Waals surface area contributed by atoms with Crippen molar-refractivity contribution in [3.05, 3.63) is 65.4 Å². The second-order valence-electron chi connectivity index (χ2n) is 4.18. The topological polar surface area (TPSA) is 54.9 Å². The van der Waals surface area contributed by atoms with Gasteiger partial charge in [0.05, 0.1) is 10.5 Å². The molecule has 3 aromatic rings. The number of anilines is 1. The second-order valence-corrected chi connectivity index (χ2v) is 4.58. The highest BCUT2D eigenvalue weighted by molar-refractivity contribution is 6.35. The molecule has 0 aliphatic carbocycles. The average Bonchev–Trinajstić information content (AvgIpc) is 2.48. The van der Waals surface area contributed by atoms with Crippen LogP contribution >= 0.6 is 11.6 Å². The first-order valence-electron chi connectivity index (χ1n) is 6.02. The number of para-hydroxylation sites is 1. The van der Waals surface area contributed by atoms with E-state index in [1.165, 1.54) is 0 Å². The highest BCUT2D eigenvalue weighted by atomic mass is 35.5. The molecular weight excluding hydrogens is 274 g/mol. The number of carbonyl (C=O) groups is 1. The third-order valence-electron chi connectivity index (χ3n) is 2.80. The van der Waals surface area contributed by atoms with E-state index in [4.69, 9.17) is 11.6 Å². The van der Waals surface area contributed by atoms with E-state index in [-0.39, 0.29) is 11.6 Å². The number of nitrogens with zero attached hydrogens (tertiary/aromatic N) is 2. The zero-order chi connectivity index (χ0) is 13.9. The predicted octanol–water partition coefficient (Wildman–Crippen LogP) is 3.54. The van der Waals surface area contributed by atoms with Crippen molar-refractivity contribution in [2.24, 2.45) is 0 Å². The molecule has 1 amide bonds. The van der Waals surface area contributed by atoms with Crippen molar-refractivity contribution in [1.82, 2.24) is 9.97 Å². The van der Waals surface area contributed by atoms with Crippen LogP contribution in [0.5, 0.6) is 0 Å². The van der Waals surface area contributed by atoms with Crippen molar-refractivity contribution in [2.75, 3.05) is 5.32 Å². The Morgan fingerprint density at radius 3 is 2.70 bits per heavy atom. The summed E-state index contributed by atoms with van der Waals surface area (Å²) in [6.07, 6.45) is 1.61. The van der Waals surface area contributed by atoms with Crippen LogP contribution in [-0.2, 0) is 0 Å². The fraction of sp³-hybridized carbons (Fsp3) is 0. The van der Waals surface area contributed by atoms with E-state index in [1.54, 1.807) is 30.5 Å². The van der Waals surface area contributed by atoms with E-state index in [0.29, 0.717) is 16.4 Å². The van der Waals surface area contributed by atoms with Crippen LogP contribution in [0.15, 0.2) is 54.7 Å². The molecule has 2 aromatic heterocycles. The summed E-state index contributed by atoms with van der Waals surface area (Å²) in [5.41, 5.74) is 0.950. The van der Waals surface area contributed by atoms with Gasteiger partial charge in [-0.3, -0.25) is 4.79 Å². The maximum absolute atomic E-state index is 12.1. The third kappa shape index (κ3) is 2.46. The molecule has 4 nitrogen and oxygen atoms in total. The second kappa shape index (κ2) is 5.27. The Morgan fingerprint density at radius 2 is 1.90 bits per heavy atom. The number of amides is 1. The standard InChI is InChI=1S/C15H10ClN3O/c16-11-9-13(18-12-6-2-1-5-10(11)12)15(20)19-14-7-3-4-8-17-14/h1-9H,(H,17,19,20). The predicted molar refractivity (Wildman–Crippen MR) is 78.9 cm³/mol. The number of nitrogens with one attached hydrogen (secondary N) is 1. The maximum Gasteiger partial charge on any atom is 0.275 e. The first kappa shape index (κ1) is 12.6. The monoisotopic (exact) mass is 283 g/mol. The largest absolute Gasteiger partial charge is 0.305 e. The minimum Gasteiger partial charge on any atom is -0.305 e. The van der Waals surface area contributed by atoms with E-state index in [0.717, 1.165) is 5.39 Å². The zero-order valence-electron chi connectivity index (χ0n) is 10.4. The summed E-state index contributed by atoms with van der Waals surface area (Å²) < 4.78 is 0. The normalized spacial score (nSPS) is 10.4. The SMILES string of the molecule is O=C(Nc1ccccn1)c1cc(Cl)c2ccccc2n1. The van der Waals surface area contributed by atoms with E-state index in [9.17, 15) is 4.79 Å². The summed E-state index contributed by atoms with van der Waals surface area (Å²) in [5, 5.41) is 4.00. The molecule has 0 saturated carbocycles. The number of carbonyl (C=O) groups excluding carboxylic acids is 1. The summed E-state index contributed by atoms with van der Waals surface area (Å²) in [7, 11) is 0. The van der Waals surface area contributed by atoms with Gasteiger partial charge in [-0.05, 0) is 24.3 Å². The van der Waals surface area contributed by atoms with Crippen molar-refractivity contribution < 1.29 is 4.79 Å². The number of hydrogen-bond donors (Lipinski definition) is 1. The summed E-state index contributed by atoms with van der Waals surface area (Å²) in [6, 6.07) is 14.3. The molecule has 0 bridgehead atoms. The van der Waals surface area contributed by atoms with Crippen molar-refractivity contribution in [2.45, 2.75) is 0 Å². The summed E-state index contributed by atoms with van der Waals surface area (Å²) in [6.45, 7) is 0. The molecule has 0 fully saturated rings. The molecular formula is C15H10ClN3O. The van der Waals surface area contributed by atoms with Crippen molar-refractivity contribution >= 4 is 34.2 Å². The molecule has 0 saturated heterocycles. The number of benzene rings is 1. The van der Waals surface area contributed by atoms with Crippen LogP contribution in [0, 0.1) is 0 Å². The Bertz CT molecular complexity index is 774. The lowest BCUT2D eigenvalue weighted by Gasteiger charge is -2.06. The highest BCUT2D eigenvalue weighted by Gasteiger charge is 2.11. The van der Waals surface area contributed by atoms with Crippen molar-refractivity contribution in [1.29, 1.82) is 0 Å². The Hall–Kier alpha value is -2.46. The molecule has 3 rings (SSSR count). The van der Waals surface area contributed by atoms with E-state index in [1.807, 2.05) is 24.3 Å². The fourth-order valence-corrected chi connectivity index (χ4v) is 2.13. The van der Waals surface area contributed by atoms with Crippen molar-refractivity contribution in [3.8, 4) is 0 Å². The Morgan fingerprint density at radius 1 is 1.10 bits per heavy atom. The zero-order valence-corrected chi connectivity index (χ0v) is 11.1. The van der Waals surface area contributed by atoms with Crippen molar-refractivity contribution in [3.63, 3.8) is 0 Å². The molecule has 0 aliphatic rings. The van der Waals surface area contributed by atoms with Gasteiger partial charge in [0.15, 0.2) is 0 Å². The van der Waals surface area contributed by atoms with Gasteiger partial charge in [0.1, 0.15) is 11.5 Å². The highest BCUT2D eigenvalue weighted by Crippen LogP contribution is 2.23. The maximum atomic E-state index is 12.1. The van der Waals surface area contributed by atoms with Gasteiger partial charge in [-0.15, -0.1) is 0 Å². The molecule has 5 heteroatoms. The van der Waals surface area contributed by atoms with Gasteiger partial charge in [-0.2, -0.15) is 0 Å². The van der Waals surface area contributed by atoms with Crippen LogP contribution in [0.3, 0.4) is 0 Å². The quantitative estimate of drug-likeness (QED) is 0.783. The van der Waals surface area contributed by atoms with Crippen LogP contribution in [0.1, 0.15) is 10.5 Å². The molecule has 0 aliphatic heterocycles. The first-order valence-corrected chi connectivity index (χ1v) is 6.39. The molecule has 0 atom stereocenters. The third-order valence-corrected chi connectivity index (χ3v) is 3.12.